The van der Waals surface area contributed by atoms with Crippen LogP contribution in [0.2, 0.25) is 0 Å². The smallest absolute Gasteiger partial charge is 0.378 e. The molecule has 4 aromatic rings. The van der Waals surface area contributed by atoms with Crippen molar-refractivity contribution >= 4 is 40.5 Å². The molecule has 0 radical (unpaired) electrons. The third kappa shape index (κ3) is 6.74. The molecule has 13 nitrogen and oxygen atoms in total. The summed E-state index contributed by atoms with van der Waals surface area (Å²) in [4.78, 5) is 54.1. The standard InChI is InChI=1S/C40H44F3N9O4/c1-6-33(53)46-28-16-25(7-8-30(28)50-12-11-49(19-23(50)2)26-21-56-22-26)45-35-38(55)48(5)20-29(47-35)27-9-10-44-36(34(27)40(41,42)43)52-14-13-51-31(37(52)54)15-24-17-39(3,4)18-32(24)51/h6-10,15-16,20,23,26H,1,11-14,17-19,21-22H2,2-5H3,(H,45,47)(H,46,53)/t23-/m0/s1. The zero-order valence-electron chi connectivity index (χ0n) is 31.7. The molecule has 3 aliphatic heterocycles. The number of anilines is 5. The third-order valence-corrected chi connectivity index (χ3v) is 11.2. The molecule has 2 N–H and O–H groups in total. The Morgan fingerprint density at radius 2 is 1.86 bits per heavy atom. The molecule has 3 aromatic heterocycles. The number of rotatable bonds is 8. The fourth-order valence-electron chi connectivity index (χ4n) is 8.47. The van der Waals surface area contributed by atoms with Crippen molar-refractivity contribution in [2.45, 2.75) is 58.4 Å². The molecule has 294 valence electrons. The maximum atomic E-state index is 15.1. The van der Waals surface area contributed by atoms with Gasteiger partial charge in [0, 0.05) is 75.2 Å². The van der Waals surface area contributed by atoms with Gasteiger partial charge in [0.25, 0.3) is 11.5 Å². The maximum absolute atomic E-state index is 15.1. The minimum Gasteiger partial charge on any atom is -0.378 e. The van der Waals surface area contributed by atoms with Crippen molar-refractivity contribution in [2.75, 3.05) is 59.8 Å². The van der Waals surface area contributed by atoms with Gasteiger partial charge in [0.2, 0.25) is 5.91 Å². The Bertz CT molecular complexity index is 2310. The highest BCUT2D eigenvalue weighted by Crippen LogP contribution is 2.44. The number of benzene rings is 1. The van der Waals surface area contributed by atoms with Gasteiger partial charge in [-0.1, -0.05) is 20.4 Å². The van der Waals surface area contributed by atoms with Crippen LogP contribution in [0.5, 0.6) is 0 Å². The second-order valence-corrected chi connectivity index (χ2v) is 15.9. The number of nitrogens with zero attached hydrogens (tertiary/aromatic N) is 7. The number of alkyl halides is 3. The van der Waals surface area contributed by atoms with Crippen LogP contribution in [0.25, 0.3) is 11.3 Å². The molecule has 1 aromatic carbocycles. The first-order valence-corrected chi connectivity index (χ1v) is 18.7. The number of amides is 2. The molecule has 1 atom stereocenters. The van der Waals surface area contributed by atoms with Crippen LogP contribution < -0.4 is 26.0 Å². The van der Waals surface area contributed by atoms with E-state index in [0.717, 1.165) is 71.6 Å². The number of carbonyl (C=O) groups is 2. The number of nitrogens with one attached hydrogen (secondary N) is 2. The van der Waals surface area contributed by atoms with Gasteiger partial charge in [-0.3, -0.25) is 24.2 Å². The second kappa shape index (κ2) is 13.9. The fraction of sp³-hybridized carbons (Fsp3) is 0.425. The van der Waals surface area contributed by atoms with Crippen molar-refractivity contribution in [3.8, 4) is 11.3 Å². The number of hydrogen-bond acceptors (Lipinski definition) is 9. The maximum Gasteiger partial charge on any atom is 0.420 e. The van der Waals surface area contributed by atoms with Crippen molar-refractivity contribution in [2.24, 2.45) is 12.5 Å². The molecule has 2 saturated heterocycles. The quantitative estimate of drug-likeness (QED) is 0.232. The van der Waals surface area contributed by atoms with E-state index in [1.165, 1.54) is 25.5 Å². The van der Waals surface area contributed by atoms with Gasteiger partial charge in [-0.2, -0.15) is 13.2 Å². The van der Waals surface area contributed by atoms with E-state index in [1.807, 2.05) is 10.6 Å². The van der Waals surface area contributed by atoms with Crippen molar-refractivity contribution in [3.05, 3.63) is 88.2 Å². The van der Waals surface area contributed by atoms with E-state index < -0.39 is 34.9 Å². The molecule has 16 heteroatoms. The van der Waals surface area contributed by atoms with Gasteiger partial charge in [0.15, 0.2) is 5.82 Å². The molecule has 0 unspecified atom stereocenters. The summed E-state index contributed by atoms with van der Waals surface area (Å²) in [6, 6.07) is 8.71. The van der Waals surface area contributed by atoms with Gasteiger partial charge in [0.1, 0.15) is 17.1 Å². The monoisotopic (exact) mass is 771 g/mol. The van der Waals surface area contributed by atoms with E-state index in [-0.39, 0.29) is 35.1 Å². The van der Waals surface area contributed by atoms with E-state index in [2.05, 4.69) is 57.8 Å². The van der Waals surface area contributed by atoms with Crippen LogP contribution in [0.1, 0.15) is 48.1 Å². The summed E-state index contributed by atoms with van der Waals surface area (Å²) in [5.41, 5.74) is 1.89. The van der Waals surface area contributed by atoms with Crippen molar-refractivity contribution in [3.63, 3.8) is 0 Å². The summed E-state index contributed by atoms with van der Waals surface area (Å²) >= 11 is 0. The minimum absolute atomic E-state index is 0.00505. The van der Waals surface area contributed by atoms with Crippen LogP contribution in [0.3, 0.4) is 0 Å². The molecule has 2 amide bonds. The summed E-state index contributed by atoms with van der Waals surface area (Å²) in [6.45, 7) is 14.1. The molecule has 0 bridgehead atoms. The van der Waals surface area contributed by atoms with Crippen molar-refractivity contribution in [1.29, 1.82) is 0 Å². The van der Waals surface area contributed by atoms with Crippen LogP contribution in [0.15, 0.2) is 60.2 Å². The number of pyridine rings is 1. The van der Waals surface area contributed by atoms with E-state index in [1.54, 1.807) is 18.2 Å². The predicted octanol–water partition coefficient (Wildman–Crippen LogP) is 5.23. The molecule has 2 fully saturated rings. The molecule has 6 heterocycles. The Balaban J connectivity index is 1.12. The molecule has 8 rings (SSSR count). The second-order valence-electron chi connectivity index (χ2n) is 15.9. The number of halogens is 3. The molecule has 1 aliphatic carbocycles. The topological polar surface area (TPSA) is 130 Å². The lowest BCUT2D eigenvalue weighted by molar-refractivity contribution is -0.136. The van der Waals surface area contributed by atoms with Crippen LogP contribution in [-0.2, 0) is 42.1 Å². The highest BCUT2D eigenvalue weighted by atomic mass is 19.4. The van der Waals surface area contributed by atoms with Crippen molar-refractivity contribution < 1.29 is 27.5 Å². The summed E-state index contributed by atoms with van der Waals surface area (Å²) in [6.07, 6.45) is 0.245. The van der Waals surface area contributed by atoms with Gasteiger partial charge in [-0.25, -0.2) is 9.97 Å². The molecule has 0 saturated carbocycles. The van der Waals surface area contributed by atoms with Crippen LogP contribution in [-0.4, -0.2) is 87.3 Å². The van der Waals surface area contributed by atoms with Gasteiger partial charge in [-0.15, -0.1) is 0 Å². The minimum atomic E-state index is -4.93. The van der Waals surface area contributed by atoms with Gasteiger partial charge >= 0.3 is 6.18 Å². The number of hydrogen-bond donors (Lipinski definition) is 2. The summed E-state index contributed by atoms with van der Waals surface area (Å²) in [5.74, 6) is -1.74. The van der Waals surface area contributed by atoms with E-state index >= 15 is 13.2 Å². The average molecular weight is 772 g/mol. The highest BCUT2D eigenvalue weighted by Gasteiger charge is 2.43. The van der Waals surface area contributed by atoms with Crippen molar-refractivity contribution in [1.82, 2.24) is 24.0 Å². The largest absolute Gasteiger partial charge is 0.420 e. The number of aromatic nitrogens is 4. The van der Waals surface area contributed by atoms with Gasteiger partial charge in [0.05, 0.1) is 36.3 Å². The molecule has 4 aliphatic rings. The van der Waals surface area contributed by atoms with Crippen LogP contribution in [0.4, 0.5) is 41.9 Å². The molecule has 56 heavy (non-hydrogen) atoms. The van der Waals surface area contributed by atoms with E-state index in [9.17, 15) is 14.4 Å². The first-order chi connectivity index (χ1) is 26.6. The predicted molar refractivity (Wildman–Crippen MR) is 207 cm³/mol. The van der Waals surface area contributed by atoms with Gasteiger partial charge < -0.3 is 29.4 Å². The van der Waals surface area contributed by atoms with E-state index in [0.29, 0.717) is 36.2 Å². The van der Waals surface area contributed by atoms with Crippen LogP contribution in [0, 0.1) is 5.41 Å². The average Bonchev–Trinajstić information content (AvgIpc) is 3.61. The zero-order chi connectivity index (χ0) is 39.7. The Hall–Kier alpha value is -5.48. The van der Waals surface area contributed by atoms with E-state index in [4.69, 9.17) is 4.74 Å². The Labute approximate surface area is 321 Å². The number of fused-ring (bicyclic) bond motifs is 3. The highest BCUT2D eigenvalue weighted by molar-refractivity contribution is 6.06. The van der Waals surface area contributed by atoms with Crippen LogP contribution >= 0.6 is 0 Å². The number of carbonyl (C=O) groups excluding carboxylic acids is 2. The number of ether oxygens (including phenoxy) is 1. The first kappa shape index (κ1) is 37.4. The molecular formula is C40H44F3N9O4. The Morgan fingerprint density at radius 3 is 2.55 bits per heavy atom. The normalized spacial score (nSPS) is 19.7. The molecule has 0 spiro atoms. The zero-order valence-corrected chi connectivity index (χ0v) is 31.7. The SMILES string of the molecule is C=CC(=O)Nc1cc(Nc2nc(-c3ccnc(N4CCn5c(cc6c5CC(C)(C)C6)C4=O)c3C(F)(F)F)cn(C)c2=O)ccc1N1CCN(C2COC2)C[C@@H]1C. The first-order valence-electron chi connectivity index (χ1n) is 18.7. The lowest BCUT2D eigenvalue weighted by Crippen LogP contribution is -2.59. The number of piperazine rings is 1. The lowest BCUT2D eigenvalue weighted by atomic mass is 9.90. The summed E-state index contributed by atoms with van der Waals surface area (Å²) in [7, 11) is 1.42. The van der Waals surface area contributed by atoms with Gasteiger partial charge in [-0.05, 0) is 67.2 Å². The summed E-state index contributed by atoms with van der Waals surface area (Å²) < 4.78 is 53.9. The molecular weight excluding hydrogens is 727 g/mol. The Morgan fingerprint density at radius 1 is 1.07 bits per heavy atom. The fourth-order valence-corrected chi connectivity index (χ4v) is 8.47. The number of aryl methyl sites for hydroxylation is 1. The summed E-state index contributed by atoms with van der Waals surface area (Å²) in [5, 5.41) is 5.85. The lowest BCUT2D eigenvalue weighted by Gasteiger charge is -2.46. The third-order valence-electron chi connectivity index (χ3n) is 11.2. The Kier molecular flexibility index (Phi) is 9.31.